The van der Waals surface area contributed by atoms with E-state index in [1.54, 1.807) is 12.1 Å². The van der Waals surface area contributed by atoms with Gasteiger partial charge in [0.1, 0.15) is 11.5 Å². The Morgan fingerprint density at radius 3 is 2.62 bits per heavy atom. The van der Waals surface area contributed by atoms with E-state index in [0.717, 1.165) is 35.3 Å². The largest absolute Gasteiger partial charge is 0.465 e. The van der Waals surface area contributed by atoms with Crippen LogP contribution >= 0.6 is 0 Å². The van der Waals surface area contributed by atoms with Crippen molar-refractivity contribution in [3.8, 4) is 11.3 Å². The Kier molecular flexibility index (Phi) is 5.35. The molecule has 0 amide bonds. The highest BCUT2D eigenvalue weighted by molar-refractivity contribution is 5.77. The lowest BCUT2D eigenvalue weighted by Crippen LogP contribution is -2.11. The number of carbonyl (C=O) groups excluding carboxylic acids is 1. The number of imidazole rings is 1. The third-order valence-electron chi connectivity index (χ3n) is 4.45. The molecule has 0 saturated carbocycles. The second-order valence-electron chi connectivity index (χ2n) is 6.37. The fraction of sp³-hybridized carbons (Fsp3) is 0.333. The van der Waals surface area contributed by atoms with E-state index in [1.165, 1.54) is 17.7 Å². The summed E-state index contributed by atoms with van der Waals surface area (Å²) in [5, 5.41) is 0. The van der Waals surface area contributed by atoms with E-state index in [-0.39, 0.29) is 18.2 Å². The Balaban J connectivity index is 2.13. The number of hydrogen-bond acceptors (Lipinski definition) is 3. The van der Waals surface area contributed by atoms with Crippen LogP contribution in [0.1, 0.15) is 37.1 Å². The Hall–Kier alpha value is -2.69. The normalized spacial score (nSPS) is 11.1. The second kappa shape index (κ2) is 7.68. The van der Waals surface area contributed by atoms with Crippen LogP contribution in [0.3, 0.4) is 0 Å². The molecule has 136 valence electrons. The van der Waals surface area contributed by atoms with Crippen LogP contribution in [0.15, 0.2) is 36.5 Å². The van der Waals surface area contributed by atoms with Gasteiger partial charge in [0, 0.05) is 11.8 Å². The molecule has 0 atom stereocenters. The zero-order chi connectivity index (χ0) is 18.7. The highest BCUT2D eigenvalue weighted by Crippen LogP contribution is 2.27. The zero-order valence-electron chi connectivity index (χ0n) is 15.4. The molecular weight excluding hydrogens is 331 g/mol. The first-order valence-corrected chi connectivity index (χ1v) is 8.95. The third-order valence-corrected chi connectivity index (χ3v) is 4.45. The van der Waals surface area contributed by atoms with Gasteiger partial charge in [0.2, 0.25) is 0 Å². The smallest absolute Gasteiger partial charge is 0.311 e. The van der Waals surface area contributed by atoms with Gasteiger partial charge in [-0.05, 0) is 61.2 Å². The Morgan fingerprint density at radius 2 is 1.96 bits per heavy atom. The van der Waals surface area contributed by atoms with E-state index in [1.807, 2.05) is 23.6 Å². The number of aryl methyl sites for hydroxylation is 2. The molecular formula is C21H23FN2O2. The molecule has 3 aromatic rings. The van der Waals surface area contributed by atoms with Crippen LogP contribution in [-0.4, -0.2) is 22.0 Å². The standard InChI is InChI=1S/C21H23FN2O2/c1-4-10-26-20(25)12-18-21(16-6-8-17(22)9-7-16)23-19-11-15(5-2)14(3)13-24(18)19/h6-9,11,13H,4-5,10,12H2,1-3H3. The number of nitrogens with zero attached hydrogens (tertiary/aromatic N) is 2. The molecule has 5 heteroatoms. The van der Waals surface area contributed by atoms with E-state index in [2.05, 4.69) is 13.8 Å². The summed E-state index contributed by atoms with van der Waals surface area (Å²) < 4.78 is 20.5. The summed E-state index contributed by atoms with van der Waals surface area (Å²) in [6.07, 6.45) is 3.83. The van der Waals surface area contributed by atoms with Crippen LogP contribution in [0.4, 0.5) is 4.39 Å². The maximum atomic E-state index is 13.3. The van der Waals surface area contributed by atoms with Crippen molar-refractivity contribution in [3.63, 3.8) is 0 Å². The van der Waals surface area contributed by atoms with Gasteiger partial charge in [-0.25, -0.2) is 9.37 Å². The van der Waals surface area contributed by atoms with Gasteiger partial charge in [-0.15, -0.1) is 0 Å². The summed E-state index contributed by atoms with van der Waals surface area (Å²) in [7, 11) is 0. The molecule has 3 rings (SSSR count). The average Bonchev–Trinajstić information content (AvgIpc) is 2.97. The van der Waals surface area contributed by atoms with Crippen LogP contribution in [0.5, 0.6) is 0 Å². The molecule has 1 aromatic carbocycles. The number of ether oxygens (including phenoxy) is 1. The van der Waals surface area contributed by atoms with Crippen molar-refractivity contribution >= 4 is 11.6 Å². The van der Waals surface area contributed by atoms with Gasteiger partial charge in [0.05, 0.1) is 24.4 Å². The predicted molar refractivity (Wildman–Crippen MR) is 99.7 cm³/mol. The molecule has 0 saturated heterocycles. The van der Waals surface area contributed by atoms with E-state index < -0.39 is 0 Å². The molecule has 2 aromatic heterocycles. The summed E-state index contributed by atoms with van der Waals surface area (Å²) in [6, 6.07) is 8.23. The van der Waals surface area contributed by atoms with Gasteiger partial charge >= 0.3 is 5.97 Å². The van der Waals surface area contributed by atoms with Crippen LogP contribution < -0.4 is 0 Å². The van der Waals surface area contributed by atoms with Gasteiger partial charge in [-0.2, -0.15) is 0 Å². The highest BCUT2D eigenvalue weighted by atomic mass is 19.1. The summed E-state index contributed by atoms with van der Waals surface area (Å²) in [5.41, 5.74) is 5.37. The highest BCUT2D eigenvalue weighted by Gasteiger charge is 2.19. The Bertz CT molecular complexity index is 929. The number of rotatable bonds is 6. The maximum Gasteiger partial charge on any atom is 0.311 e. The maximum absolute atomic E-state index is 13.3. The summed E-state index contributed by atoms with van der Waals surface area (Å²) in [5.74, 6) is -0.584. The van der Waals surface area contributed by atoms with Crippen molar-refractivity contribution in [1.82, 2.24) is 9.38 Å². The monoisotopic (exact) mass is 354 g/mol. The Labute approximate surface area is 152 Å². The lowest BCUT2D eigenvalue weighted by atomic mass is 10.1. The van der Waals surface area contributed by atoms with Crippen molar-refractivity contribution in [2.75, 3.05) is 6.61 Å². The van der Waals surface area contributed by atoms with E-state index in [0.29, 0.717) is 12.3 Å². The number of fused-ring (bicyclic) bond motifs is 1. The number of esters is 1. The summed E-state index contributed by atoms with van der Waals surface area (Å²) >= 11 is 0. The minimum absolute atomic E-state index is 0.124. The first-order valence-electron chi connectivity index (χ1n) is 8.95. The third kappa shape index (κ3) is 3.62. The minimum atomic E-state index is -0.300. The number of halogens is 1. The van der Waals surface area contributed by atoms with Crippen molar-refractivity contribution in [3.05, 3.63) is 59.2 Å². The molecule has 0 fully saturated rings. The van der Waals surface area contributed by atoms with Gasteiger partial charge in [0.15, 0.2) is 0 Å². The number of hydrogen-bond donors (Lipinski definition) is 0. The molecule has 0 bridgehead atoms. The van der Waals surface area contributed by atoms with E-state index in [9.17, 15) is 9.18 Å². The van der Waals surface area contributed by atoms with Gasteiger partial charge < -0.3 is 9.14 Å². The lowest BCUT2D eigenvalue weighted by molar-refractivity contribution is -0.142. The molecule has 0 N–H and O–H groups in total. The fourth-order valence-corrected chi connectivity index (χ4v) is 3.07. The van der Waals surface area contributed by atoms with Crippen LogP contribution in [0.2, 0.25) is 0 Å². The average molecular weight is 354 g/mol. The van der Waals surface area contributed by atoms with Crippen LogP contribution in [0.25, 0.3) is 16.9 Å². The molecule has 0 unspecified atom stereocenters. The zero-order valence-corrected chi connectivity index (χ0v) is 15.4. The molecule has 4 nitrogen and oxygen atoms in total. The first kappa shape index (κ1) is 18.1. The molecule has 2 heterocycles. The quantitative estimate of drug-likeness (QED) is 0.612. The first-order chi connectivity index (χ1) is 12.5. The van der Waals surface area contributed by atoms with Crippen molar-refractivity contribution in [2.45, 2.75) is 40.0 Å². The summed E-state index contributed by atoms with van der Waals surface area (Å²) in [6.45, 7) is 6.52. The number of carbonyl (C=O) groups is 1. The minimum Gasteiger partial charge on any atom is -0.465 e. The van der Waals surface area contributed by atoms with Gasteiger partial charge in [-0.1, -0.05) is 13.8 Å². The van der Waals surface area contributed by atoms with Crippen molar-refractivity contribution < 1.29 is 13.9 Å². The van der Waals surface area contributed by atoms with Gasteiger partial charge in [0.25, 0.3) is 0 Å². The Morgan fingerprint density at radius 1 is 1.23 bits per heavy atom. The molecule has 0 aliphatic carbocycles. The molecule has 26 heavy (non-hydrogen) atoms. The number of benzene rings is 1. The van der Waals surface area contributed by atoms with Gasteiger partial charge in [-0.3, -0.25) is 4.79 Å². The fourth-order valence-electron chi connectivity index (χ4n) is 3.07. The second-order valence-corrected chi connectivity index (χ2v) is 6.37. The molecule has 0 aliphatic heterocycles. The molecule has 0 aliphatic rings. The van der Waals surface area contributed by atoms with E-state index >= 15 is 0 Å². The SMILES string of the molecule is CCCOC(=O)Cc1c(-c2ccc(F)cc2)nc2cc(CC)c(C)cn12. The molecule has 0 radical (unpaired) electrons. The van der Waals surface area contributed by atoms with Crippen molar-refractivity contribution in [2.24, 2.45) is 0 Å². The topological polar surface area (TPSA) is 43.6 Å². The predicted octanol–water partition coefficient (Wildman–Crippen LogP) is 4.51. The van der Waals surface area contributed by atoms with E-state index in [4.69, 9.17) is 9.72 Å². The number of pyridine rings is 1. The van der Waals surface area contributed by atoms with Crippen LogP contribution in [0, 0.1) is 12.7 Å². The molecule has 0 spiro atoms. The number of aromatic nitrogens is 2. The van der Waals surface area contributed by atoms with Crippen molar-refractivity contribution in [1.29, 1.82) is 0 Å². The lowest BCUT2D eigenvalue weighted by Gasteiger charge is -2.08. The van der Waals surface area contributed by atoms with Crippen LogP contribution in [-0.2, 0) is 22.4 Å². The summed E-state index contributed by atoms with van der Waals surface area (Å²) in [4.78, 5) is 17.0.